The first-order chi connectivity index (χ1) is 7.50. The topological polar surface area (TPSA) is 69.6 Å². The molecule has 84 valence electrons. The summed E-state index contributed by atoms with van der Waals surface area (Å²) in [6.45, 7) is 1.90. The van der Waals surface area contributed by atoms with Crippen LogP contribution in [0.3, 0.4) is 0 Å². The van der Waals surface area contributed by atoms with E-state index in [4.69, 9.17) is 5.11 Å². The van der Waals surface area contributed by atoms with Gasteiger partial charge in [-0.1, -0.05) is 6.07 Å². The number of hydrogen-bond acceptors (Lipinski definition) is 2. The fourth-order valence-corrected chi connectivity index (χ4v) is 1.75. The van der Waals surface area contributed by atoms with Gasteiger partial charge in [-0.3, -0.25) is 0 Å². The lowest BCUT2D eigenvalue weighted by Gasteiger charge is -2.32. The van der Waals surface area contributed by atoms with Crippen LogP contribution in [0.4, 0.5) is 10.5 Å². The Hall–Kier alpha value is -2.04. The van der Waals surface area contributed by atoms with Gasteiger partial charge in [0.15, 0.2) is 0 Å². The van der Waals surface area contributed by atoms with Gasteiger partial charge >= 0.3 is 12.0 Å². The molecule has 5 heteroatoms. The van der Waals surface area contributed by atoms with Crippen LogP contribution in [0.5, 0.6) is 0 Å². The number of fused-ring (bicyclic) bond motifs is 1. The van der Waals surface area contributed by atoms with Crippen LogP contribution in [0.25, 0.3) is 0 Å². The number of urea groups is 1. The Morgan fingerprint density at radius 2 is 2.19 bits per heavy atom. The maximum absolute atomic E-state index is 11.5. The summed E-state index contributed by atoms with van der Waals surface area (Å²) in [5.74, 6) is -0.997. The molecule has 2 N–H and O–H groups in total. The molecule has 5 nitrogen and oxygen atoms in total. The Morgan fingerprint density at radius 3 is 2.81 bits per heavy atom. The molecule has 1 aliphatic heterocycles. The first-order valence-electron chi connectivity index (χ1n) is 4.91. The first kappa shape index (κ1) is 10.5. The highest BCUT2D eigenvalue weighted by atomic mass is 16.4. The van der Waals surface area contributed by atoms with Crippen LogP contribution in [-0.2, 0) is 0 Å². The van der Waals surface area contributed by atoms with Crippen LogP contribution in [-0.4, -0.2) is 29.1 Å². The largest absolute Gasteiger partial charge is 0.478 e. The predicted octanol–water partition coefficient (Wildman–Crippen LogP) is 1.92. The van der Waals surface area contributed by atoms with Gasteiger partial charge in [0.2, 0.25) is 0 Å². The maximum Gasteiger partial charge on any atom is 0.335 e. The summed E-state index contributed by atoms with van der Waals surface area (Å²) in [7, 11) is 1.70. The number of hydrogen-bond donors (Lipinski definition) is 2. The van der Waals surface area contributed by atoms with E-state index in [1.54, 1.807) is 24.1 Å². The molecule has 0 radical (unpaired) electrons. The van der Waals surface area contributed by atoms with Crippen molar-refractivity contribution in [2.75, 3.05) is 12.4 Å². The average Bonchev–Trinajstić information content (AvgIpc) is 2.25. The van der Waals surface area contributed by atoms with Crippen LogP contribution in [0.15, 0.2) is 18.2 Å². The van der Waals surface area contributed by atoms with Crippen molar-refractivity contribution in [2.45, 2.75) is 13.0 Å². The van der Waals surface area contributed by atoms with Crippen molar-refractivity contribution >= 4 is 17.7 Å². The molecule has 0 bridgehead atoms. The molecule has 1 aliphatic rings. The van der Waals surface area contributed by atoms with E-state index in [0.717, 1.165) is 5.56 Å². The van der Waals surface area contributed by atoms with Gasteiger partial charge in [-0.05, 0) is 24.6 Å². The summed E-state index contributed by atoms with van der Waals surface area (Å²) in [6.07, 6.45) is 0. The molecule has 1 heterocycles. The van der Waals surface area contributed by atoms with E-state index >= 15 is 0 Å². The van der Waals surface area contributed by atoms with E-state index in [2.05, 4.69) is 5.32 Å². The molecule has 2 rings (SSSR count). The molecule has 1 aromatic rings. The van der Waals surface area contributed by atoms with Crippen molar-refractivity contribution < 1.29 is 14.7 Å². The van der Waals surface area contributed by atoms with Crippen molar-refractivity contribution in [3.63, 3.8) is 0 Å². The minimum Gasteiger partial charge on any atom is -0.478 e. The van der Waals surface area contributed by atoms with E-state index < -0.39 is 5.97 Å². The van der Waals surface area contributed by atoms with Crippen molar-refractivity contribution in [1.82, 2.24) is 4.90 Å². The Balaban J connectivity index is 2.49. The number of carboxylic acid groups (broad SMARTS) is 1. The van der Waals surface area contributed by atoms with Gasteiger partial charge in [0.25, 0.3) is 0 Å². The molecule has 2 amide bonds. The third kappa shape index (κ3) is 1.50. The van der Waals surface area contributed by atoms with Crippen molar-refractivity contribution in [2.24, 2.45) is 0 Å². The highest BCUT2D eigenvalue weighted by Gasteiger charge is 2.26. The van der Waals surface area contributed by atoms with Crippen molar-refractivity contribution in [1.29, 1.82) is 0 Å². The fourth-order valence-electron chi connectivity index (χ4n) is 1.75. The summed E-state index contributed by atoms with van der Waals surface area (Å²) in [4.78, 5) is 23.9. The van der Waals surface area contributed by atoms with Gasteiger partial charge < -0.3 is 15.3 Å². The third-order valence-electron chi connectivity index (χ3n) is 2.89. The number of aromatic carboxylic acids is 1. The zero-order chi connectivity index (χ0) is 11.9. The molecule has 1 atom stereocenters. The first-order valence-corrected chi connectivity index (χ1v) is 4.91. The lowest BCUT2D eigenvalue weighted by molar-refractivity contribution is 0.0696. The zero-order valence-electron chi connectivity index (χ0n) is 9.02. The third-order valence-corrected chi connectivity index (χ3v) is 2.89. The highest BCUT2D eigenvalue weighted by Crippen LogP contribution is 2.32. The number of rotatable bonds is 1. The standard InChI is InChI=1S/C11H12N2O3/c1-6-8-4-3-7(10(14)15)5-9(8)12-11(16)13(6)2/h3-6H,1-2H3,(H,12,16)(H,14,15). The van der Waals surface area contributed by atoms with Gasteiger partial charge in [0.05, 0.1) is 11.6 Å². The number of nitrogens with one attached hydrogen (secondary N) is 1. The maximum atomic E-state index is 11.5. The van der Waals surface area contributed by atoms with Crippen LogP contribution >= 0.6 is 0 Å². The summed E-state index contributed by atoms with van der Waals surface area (Å²) < 4.78 is 0. The van der Waals surface area contributed by atoms with Gasteiger partial charge in [0.1, 0.15) is 0 Å². The molecular formula is C11H12N2O3. The Kier molecular flexibility index (Phi) is 2.30. The number of nitrogens with zero attached hydrogens (tertiary/aromatic N) is 1. The molecule has 0 spiro atoms. The second-order valence-electron chi connectivity index (χ2n) is 3.82. The van der Waals surface area contributed by atoms with Gasteiger partial charge in [-0.2, -0.15) is 0 Å². The molecule has 0 saturated carbocycles. The SMILES string of the molecule is CC1c2ccc(C(=O)O)cc2NC(=O)N1C. The van der Waals surface area contributed by atoms with E-state index in [1.165, 1.54) is 6.07 Å². The Morgan fingerprint density at radius 1 is 1.50 bits per heavy atom. The number of anilines is 1. The second kappa shape index (κ2) is 3.52. The molecule has 0 aromatic heterocycles. The quantitative estimate of drug-likeness (QED) is 0.759. The lowest BCUT2D eigenvalue weighted by atomic mass is 10.0. The number of benzene rings is 1. The second-order valence-corrected chi connectivity index (χ2v) is 3.82. The van der Waals surface area contributed by atoms with E-state index in [1.807, 2.05) is 6.92 Å². The normalized spacial score (nSPS) is 19.0. The van der Waals surface area contributed by atoms with Crippen LogP contribution < -0.4 is 5.32 Å². The lowest BCUT2D eigenvalue weighted by Crippen LogP contribution is -2.38. The van der Waals surface area contributed by atoms with Gasteiger partial charge in [-0.25, -0.2) is 9.59 Å². The summed E-state index contributed by atoms with van der Waals surface area (Å²) in [5.41, 5.74) is 1.68. The van der Waals surface area contributed by atoms with Crippen LogP contribution in [0, 0.1) is 0 Å². The van der Waals surface area contributed by atoms with Crippen LogP contribution in [0.1, 0.15) is 28.9 Å². The number of carboxylic acids is 1. The van der Waals surface area contributed by atoms with E-state index in [9.17, 15) is 9.59 Å². The monoisotopic (exact) mass is 220 g/mol. The minimum atomic E-state index is -0.997. The van der Waals surface area contributed by atoms with Crippen molar-refractivity contribution in [3.05, 3.63) is 29.3 Å². The molecular weight excluding hydrogens is 208 g/mol. The molecule has 16 heavy (non-hydrogen) atoms. The summed E-state index contributed by atoms with van der Waals surface area (Å²) >= 11 is 0. The van der Waals surface area contributed by atoms with E-state index in [0.29, 0.717) is 5.69 Å². The Bertz CT molecular complexity index is 470. The average molecular weight is 220 g/mol. The molecule has 0 fully saturated rings. The molecule has 1 aromatic carbocycles. The van der Waals surface area contributed by atoms with Crippen LogP contribution in [0.2, 0.25) is 0 Å². The number of carbonyl (C=O) groups excluding carboxylic acids is 1. The zero-order valence-corrected chi connectivity index (χ0v) is 9.02. The van der Waals surface area contributed by atoms with E-state index in [-0.39, 0.29) is 17.6 Å². The minimum absolute atomic E-state index is 0.0494. The number of amides is 2. The molecule has 0 aliphatic carbocycles. The predicted molar refractivity (Wildman–Crippen MR) is 58.6 cm³/mol. The summed E-state index contributed by atoms with van der Waals surface area (Å²) in [5, 5.41) is 11.5. The smallest absolute Gasteiger partial charge is 0.335 e. The van der Waals surface area contributed by atoms with Gasteiger partial charge in [0, 0.05) is 12.7 Å². The van der Waals surface area contributed by atoms with Crippen molar-refractivity contribution in [3.8, 4) is 0 Å². The number of carbonyl (C=O) groups is 2. The highest BCUT2D eigenvalue weighted by molar-refractivity contribution is 5.96. The fraction of sp³-hybridized carbons (Fsp3) is 0.273. The summed E-state index contributed by atoms with van der Waals surface area (Å²) in [6, 6.07) is 4.50. The molecule has 1 unspecified atom stereocenters. The Labute approximate surface area is 92.7 Å². The molecule has 0 saturated heterocycles. The van der Waals surface area contributed by atoms with Gasteiger partial charge in [-0.15, -0.1) is 0 Å².